The highest BCUT2D eigenvalue weighted by Gasteiger charge is 2.61. The fourth-order valence-corrected chi connectivity index (χ4v) is 5.16. The summed E-state index contributed by atoms with van der Waals surface area (Å²) in [5.41, 5.74) is 1.55. The lowest BCUT2D eigenvalue weighted by molar-refractivity contribution is -0.213. The summed E-state index contributed by atoms with van der Waals surface area (Å²) in [5.74, 6) is -1.15. The predicted molar refractivity (Wildman–Crippen MR) is 94.7 cm³/mol. The second-order valence-electron chi connectivity index (χ2n) is 7.73. The van der Waals surface area contributed by atoms with Crippen molar-refractivity contribution < 1.29 is 28.5 Å². The second kappa shape index (κ2) is 6.41. The molecule has 6 heteroatoms. The molecule has 0 aromatic heterocycles. The van der Waals surface area contributed by atoms with Crippen molar-refractivity contribution in [1.29, 1.82) is 0 Å². The molecule has 2 aliphatic heterocycles. The third kappa shape index (κ3) is 2.66. The summed E-state index contributed by atoms with van der Waals surface area (Å²) in [5, 5.41) is 0. The van der Waals surface area contributed by atoms with Gasteiger partial charge in [0.05, 0.1) is 32.0 Å². The van der Waals surface area contributed by atoms with Gasteiger partial charge in [0.15, 0.2) is 11.5 Å². The molecule has 2 saturated heterocycles. The summed E-state index contributed by atoms with van der Waals surface area (Å²) in [7, 11) is 0. The van der Waals surface area contributed by atoms with Crippen molar-refractivity contribution in [3.63, 3.8) is 0 Å². The van der Waals surface area contributed by atoms with Gasteiger partial charge in [0.1, 0.15) is 0 Å². The lowest BCUT2D eigenvalue weighted by Gasteiger charge is -2.43. The van der Waals surface area contributed by atoms with Crippen molar-refractivity contribution in [2.45, 2.75) is 37.8 Å². The Morgan fingerprint density at radius 2 is 1.70 bits per heavy atom. The van der Waals surface area contributed by atoms with Gasteiger partial charge in [0, 0.05) is 18.8 Å². The van der Waals surface area contributed by atoms with Crippen LogP contribution in [0.2, 0.25) is 0 Å². The minimum absolute atomic E-state index is 0.0528. The number of hydrogen-bond donors (Lipinski definition) is 0. The summed E-state index contributed by atoms with van der Waals surface area (Å²) in [6.07, 6.45) is 2.13. The van der Waals surface area contributed by atoms with Gasteiger partial charge in [-0.15, -0.1) is 0 Å². The van der Waals surface area contributed by atoms with E-state index in [2.05, 4.69) is 6.92 Å². The lowest BCUT2D eigenvalue weighted by atomic mass is 9.75. The summed E-state index contributed by atoms with van der Waals surface area (Å²) in [4.78, 5) is 12.8. The second-order valence-corrected chi connectivity index (χ2v) is 7.73. The highest BCUT2D eigenvalue weighted by molar-refractivity contribution is 5.90. The molecule has 27 heavy (non-hydrogen) atoms. The molecule has 5 rings (SSSR count). The molecule has 1 unspecified atom stereocenters. The fraction of sp³-hybridized carbons (Fsp3) is 0.571. The molecule has 0 N–H and O–H groups in total. The molecule has 1 saturated carbocycles. The third-order valence-electron chi connectivity index (χ3n) is 6.12. The lowest BCUT2D eigenvalue weighted by Crippen LogP contribution is -2.48. The van der Waals surface area contributed by atoms with Gasteiger partial charge in [-0.2, -0.15) is 0 Å². The van der Waals surface area contributed by atoms with E-state index in [0.717, 1.165) is 18.4 Å². The predicted octanol–water partition coefficient (Wildman–Crippen LogP) is 3.03. The number of carbonyl (C=O) groups is 1. The third-order valence-corrected chi connectivity index (χ3v) is 6.12. The van der Waals surface area contributed by atoms with Crippen LogP contribution < -0.4 is 0 Å². The highest BCUT2D eigenvalue weighted by atomic mass is 16.8. The number of carbonyl (C=O) groups excluding carboxylic acids is 1. The van der Waals surface area contributed by atoms with Gasteiger partial charge in [-0.05, 0) is 30.0 Å². The first-order valence-corrected chi connectivity index (χ1v) is 9.70. The first kappa shape index (κ1) is 17.4. The summed E-state index contributed by atoms with van der Waals surface area (Å²) < 4.78 is 30.1. The topological polar surface area (TPSA) is 63.2 Å². The molecule has 3 fully saturated rings. The molecular weight excluding hydrogens is 348 g/mol. The van der Waals surface area contributed by atoms with Gasteiger partial charge < -0.3 is 23.7 Å². The van der Waals surface area contributed by atoms with Gasteiger partial charge in [-0.3, -0.25) is 0 Å². The maximum absolute atomic E-state index is 12.8. The van der Waals surface area contributed by atoms with Crippen LogP contribution in [0.25, 0.3) is 0 Å². The van der Waals surface area contributed by atoms with Crippen LogP contribution in [0.5, 0.6) is 0 Å². The van der Waals surface area contributed by atoms with Crippen LogP contribution in [-0.4, -0.2) is 44.0 Å². The number of ether oxygens (including phenoxy) is 5. The number of rotatable bonds is 2. The average Bonchev–Trinajstić information content (AvgIpc) is 3.42. The smallest absolute Gasteiger partial charge is 0.343 e. The molecule has 144 valence electrons. The number of hydrogen-bond acceptors (Lipinski definition) is 6. The Kier molecular flexibility index (Phi) is 4.13. The van der Waals surface area contributed by atoms with Gasteiger partial charge in [-0.1, -0.05) is 25.1 Å². The fourth-order valence-electron chi connectivity index (χ4n) is 5.16. The van der Waals surface area contributed by atoms with Crippen molar-refractivity contribution in [2.24, 2.45) is 11.8 Å². The zero-order valence-corrected chi connectivity index (χ0v) is 15.4. The van der Waals surface area contributed by atoms with Crippen LogP contribution in [0.1, 0.15) is 36.5 Å². The zero-order valence-electron chi connectivity index (χ0n) is 15.4. The monoisotopic (exact) mass is 372 g/mol. The molecule has 1 aromatic rings. The summed E-state index contributed by atoms with van der Waals surface area (Å²) >= 11 is 0. The van der Waals surface area contributed by atoms with Crippen molar-refractivity contribution >= 4 is 5.97 Å². The molecule has 2 atom stereocenters. The van der Waals surface area contributed by atoms with E-state index in [1.165, 1.54) is 0 Å². The van der Waals surface area contributed by atoms with E-state index in [4.69, 9.17) is 23.7 Å². The van der Waals surface area contributed by atoms with Crippen molar-refractivity contribution in [3.8, 4) is 0 Å². The quantitative estimate of drug-likeness (QED) is 0.744. The molecule has 4 aliphatic rings. The highest BCUT2D eigenvalue weighted by Crippen LogP contribution is 2.57. The van der Waals surface area contributed by atoms with Crippen LogP contribution in [0.3, 0.4) is 0 Å². The minimum Gasteiger partial charge on any atom is -0.422 e. The van der Waals surface area contributed by atoms with Crippen molar-refractivity contribution in [1.82, 2.24) is 0 Å². The molecule has 1 aromatic carbocycles. The van der Waals surface area contributed by atoms with E-state index in [0.29, 0.717) is 44.2 Å². The largest absolute Gasteiger partial charge is 0.422 e. The Bertz CT molecular complexity index is 758. The van der Waals surface area contributed by atoms with Gasteiger partial charge in [0.2, 0.25) is 5.79 Å². The number of fused-ring (bicyclic) bond motifs is 2. The first-order valence-electron chi connectivity index (χ1n) is 9.70. The van der Waals surface area contributed by atoms with E-state index >= 15 is 0 Å². The van der Waals surface area contributed by atoms with Gasteiger partial charge >= 0.3 is 5.97 Å². The number of benzene rings is 1. The minimum atomic E-state index is -0.972. The molecule has 0 amide bonds. The first-order chi connectivity index (χ1) is 13.1. The summed E-state index contributed by atoms with van der Waals surface area (Å²) in [6.45, 7) is 4.37. The van der Waals surface area contributed by atoms with E-state index in [1.54, 1.807) is 12.1 Å². The molecular formula is C21H24O6. The molecule has 0 bridgehead atoms. The van der Waals surface area contributed by atoms with E-state index in [1.807, 2.05) is 18.2 Å². The Balaban J connectivity index is 1.56. The zero-order chi connectivity index (χ0) is 18.5. The Morgan fingerprint density at radius 3 is 2.41 bits per heavy atom. The Hall–Kier alpha value is -1.73. The number of esters is 1. The van der Waals surface area contributed by atoms with E-state index in [-0.39, 0.29) is 17.8 Å². The van der Waals surface area contributed by atoms with Crippen LogP contribution in [0.15, 0.2) is 41.7 Å². The van der Waals surface area contributed by atoms with E-state index < -0.39 is 11.6 Å². The summed E-state index contributed by atoms with van der Waals surface area (Å²) in [6, 6.07) is 9.02. The van der Waals surface area contributed by atoms with Gasteiger partial charge in [0.25, 0.3) is 0 Å². The average molecular weight is 372 g/mol. The molecule has 2 spiro atoms. The standard InChI is InChI=1S/C21H24O6/c1-14-13-21(25-11-12-26-21)18(27-19(22)15-5-3-2-4-6-15)16-7-8-20(17(14)16)23-9-10-24-20/h2-6,14,17H,7-13H2,1H3/t14-,17?/m1/s1. The van der Waals surface area contributed by atoms with Crippen LogP contribution >= 0.6 is 0 Å². The van der Waals surface area contributed by atoms with E-state index in [9.17, 15) is 4.79 Å². The molecule has 2 aliphatic carbocycles. The van der Waals surface area contributed by atoms with Crippen molar-refractivity contribution in [3.05, 3.63) is 47.2 Å². The Labute approximate surface area is 158 Å². The van der Waals surface area contributed by atoms with Crippen molar-refractivity contribution in [2.75, 3.05) is 26.4 Å². The normalized spacial score (nSPS) is 30.9. The maximum Gasteiger partial charge on any atom is 0.343 e. The maximum atomic E-state index is 12.8. The van der Waals surface area contributed by atoms with Crippen LogP contribution in [0, 0.1) is 11.8 Å². The van der Waals surface area contributed by atoms with Gasteiger partial charge in [-0.25, -0.2) is 4.79 Å². The van der Waals surface area contributed by atoms with Crippen LogP contribution in [-0.2, 0) is 23.7 Å². The molecule has 2 heterocycles. The SMILES string of the molecule is C[C@@H]1CC2(OCCO2)C(OC(=O)c2ccccc2)=C2CCC3(OCCO3)C21. The Morgan fingerprint density at radius 1 is 1.04 bits per heavy atom. The molecule has 6 nitrogen and oxygen atoms in total. The molecule has 0 radical (unpaired) electrons. The van der Waals surface area contributed by atoms with Crippen LogP contribution in [0.4, 0.5) is 0 Å².